The zero-order valence-corrected chi connectivity index (χ0v) is 21.2. The van der Waals surface area contributed by atoms with E-state index in [0.29, 0.717) is 14.2 Å². The van der Waals surface area contributed by atoms with Crippen LogP contribution in [0.1, 0.15) is 22.8 Å². The van der Waals surface area contributed by atoms with E-state index in [4.69, 9.17) is 25.8 Å². The van der Waals surface area contributed by atoms with Crippen molar-refractivity contribution in [1.82, 2.24) is 4.90 Å². The molecule has 0 atom stereocenters. The molecule has 8 nitrogen and oxygen atoms in total. The number of imide groups is 1. The number of ether oxygens (including phenoxy) is 3. The molecular formula is C22H17ClINO7S. The van der Waals surface area contributed by atoms with Gasteiger partial charge in [0, 0.05) is 5.02 Å². The molecule has 2 amide bonds. The molecule has 0 aliphatic carbocycles. The van der Waals surface area contributed by atoms with Crippen molar-refractivity contribution in [1.29, 1.82) is 0 Å². The van der Waals surface area contributed by atoms with Gasteiger partial charge in [-0.2, -0.15) is 0 Å². The maximum absolute atomic E-state index is 12.6. The van der Waals surface area contributed by atoms with Crippen molar-refractivity contribution in [3.8, 4) is 11.5 Å². The predicted octanol–water partition coefficient (Wildman–Crippen LogP) is 4.77. The Kier molecular flexibility index (Phi) is 8.38. The number of esters is 2. The van der Waals surface area contributed by atoms with Gasteiger partial charge in [0.2, 0.25) is 0 Å². The molecule has 11 heteroatoms. The van der Waals surface area contributed by atoms with Gasteiger partial charge in [0.1, 0.15) is 6.54 Å². The van der Waals surface area contributed by atoms with Gasteiger partial charge in [-0.25, -0.2) is 4.79 Å². The van der Waals surface area contributed by atoms with Crippen LogP contribution in [0.3, 0.4) is 0 Å². The lowest BCUT2D eigenvalue weighted by atomic mass is 10.1. The Bertz CT molecular complexity index is 1170. The van der Waals surface area contributed by atoms with Gasteiger partial charge in [-0.05, 0) is 83.2 Å². The molecule has 1 aliphatic heterocycles. The molecule has 2 aromatic carbocycles. The Morgan fingerprint density at radius 3 is 2.64 bits per heavy atom. The number of halogens is 2. The summed E-state index contributed by atoms with van der Waals surface area (Å²) in [4.78, 5) is 49.9. The molecule has 1 fully saturated rings. The van der Waals surface area contributed by atoms with E-state index in [2.05, 4.69) is 0 Å². The molecule has 1 heterocycles. The maximum atomic E-state index is 12.6. The molecule has 0 spiro atoms. The van der Waals surface area contributed by atoms with E-state index >= 15 is 0 Å². The van der Waals surface area contributed by atoms with E-state index in [-0.39, 0.29) is 28.6 Å². The van der Waals surface area contributed by atoms with E-state index in [1.807, 2.05) is 22.6 Å². The SMILES string of the molecule is CCOC(=O)CN1C(=O)S/C(=C\c2cc(I)c(OC(=O)c3cccc(Cl)c3)c(OC)c2)C1=O. The Balaban J connectivity index is 1.84. The molecule has 2 aromatic rings. The maximum Gasteiger partial charge on any atom is 0.343 e. The highest BCUT2D eigenvalue weighted by Crippen LogP contribution is 2.37. The number of hydrogen-bond acceptors (Lipinski definition) is 8. The molecule has 3 rings (SSSR count). The number of nitrogens with zero attached hydrogens (tertiary/aromatic N) is 1. The van der Waals surface area contributed by atoms with Gasteiger partial charge in [0.15, 0.2) is 11.5 Å². The molecule has 0 radical (unpaired) electrons. The van der Waals surface area contributed by atoms with Crippen LogP contribution in [0.15, 0.2) is 41.3 Å². The van der Waals surface area contributed by atoms with Crippen LogP contribution in [-0.4, -0.2) is 48.2 Å². The van der Waals surface area contributed by atoms with Crippen LogP contribution in [0, 0.1) is 3.57 Å². The minimum Gasteiger partial charge on any atom is -0.493 e. The number of carbonyl (C=O) groups is 4. The lowest BCUT2D eigenvalue weighted by Gasteiger charge is -2.13. The predicted molar refractivity (Wildman–Crippen MR) is 131 cm³/mol. The van der Waals surface area contributed by atoms with E-state index in [0.717, 1.165) is 16.7 Å². The Labute approximate surface area is 212 Å². The first-order chi connectivity index (χ1) is 15.7. The monoisotopic (exact) mass is 601 g/mol. The van der Waals surface area contributed by atoms with E-state index in [9.17, 15) is 19.2 Å². The standard InChI is InChI=1S/C22H17ClINO7S/c1-3-31-18(26)11-25-20(27)17(33-22(25)29)9-12-7-15(24)19(16(8-12)30-2)32-21(28)13-5-4-6-14(23)10-13/h4-10H,3,11H2,1-2H3/b17-9-. The zero-order chi connectivity index (χ0) is 24.1. The third-order valence-electron chi connectivity index (χ3n) is 4.27. The van der Waals surface area contributed by atoms with Crippen molar-refractivity contribution in [2.24, 2.45) is 0 Å². The first kappa shape index (κ1) is 25.1. The van der Waals surface area contributed by atoms with E-state index < -0.39 is 29.6 Å². The van der Waals surface area contributed by atoms with Crippen molar-refractivity contribution in [3.05, 3.63) is 61.0 Å². The highest BCUT2D eigenvalue weighted by molar-refractivity contribution is 14.1. The van der Waals surface area contributed by atoms with Crippen molar-refractivity contribution in [3.63, 3.8) is 0 Å². The van der Waals surface area contributed by atoms with Crippen molar-refractivity contribution >= 4 is 75.1 Å². The number of rotatable bonds is 7. The summed E-state index contributed by atoms with van der Waals surface area (Å²) in [5.41, 5.74) is 0.820. The topological polar surface area (TPSA) is 99.2 Å². The Morgan fingerprint density at radius 1 is 1.21 bits per heavy atom. The summed E-state index contributed by atoms with van der Waals surface area (Å²) in [6.45, 7) is 1.34. The molecule has 0 bridgehead atoms. The summed E-state index contributed by atoms with van der Waals surface area (Å²) in [5, 5.41) is -0.161. The smallest absolute Gasteiger partial charge is 0.343 e. The van der Waals surface area contributed by atoms with Crippen LogP contribution in [0.4, 0.5) is 4.79 Å². The summed E-state index contributed by atoms with van der Waals surface area (Å²) in [6.07, 6.45) is 1.50. The third kappa shape index (κ3) is 6.06. The van der Waals surface area contributed by atoms with Crippen molar-refractivity contribution in [2.75, 3.05) is 20.3 Å². The highest BCUT2D eigenvalue weighted by Gasteiger charge is 2.36. The van der Waals surface area contributed by atoms with Crippen molar-refractivity contribution in [2.45, 2.75) is 6.92 Å². The lowest BCUT2D eigenvalue weighted by molar-refractivity contribution is -0.145. The number of amides is 2. The lowest BCUT2D eigenvalue weighted by Crippen LogP contribution is -2.34. The number of hydrogen-bond donors (Lipinski definition) is 0. The van der Waals surface area contributed by atoms with Gasteiger partial charge in [-0.15, -0.1) is 0 Å². The first-order valence-corrected chi connectivity index (χ1v) is 11.8. The van der Waals surface area contributed by atoms with Gasteiger partial charge in [-0.1, -0.05) is 17.7 Å². The number of thioether (sulfide) groups is 1. The number of methoxy groups -OCH3 is 1. The number of carbonyl (C=O) groups excluding carboxylic acids is 4. The summed E-state index contributed by atoms with van der Waals surface area (Å²) >= 11 is 8.63. The molecule has 172 valence electrons. The van der Waals surface area contributed by atoms with Gasteiger partial charge in [-0.3, -0.25) is 19.3 Å². The molecular weight excluding hydrogens is 585 g/mol. The second-order valence-electron chi connectivity index (χ2n) is 6.51. The van der Waals surface area contributed by atoms with E-state index in [1.165, 1.54) is 19.3 Å². The molecule has 0 aromatic heterocycles. The van der Waals surface area contributed by atoms with Crippen LogP contribution in [-0.2, 0) is 14.3 Å². The van der Waals surface area contributed by atoms with Gasteiger partial charge in [0.05, 0.1) is 27.8 Å². The first-order valence-electron chi connectivity index (χ1n) is 9.49. The zero-order valence-electron chi connectivity index (χ0n) is 17.4. The summed E-state index contributed by atoms with van der Waals surface area (Å²) in [6, 6.07) is 9.59. The van der Waals surface area contributed by atoms with Crippen LogP contribution < -0.4 is 9.47 Å². The normalized spacial score (nSPS) is 14.5. The van der Waals surface area contributed by atoms with Gasteiger partial charge in [0.25, 0.3) is 11.1 Å². The largest absolute Gasteiger partial charge is 0.493 e. The molecule has 0 N–H and O–H groups in total. The summed E-state index contributed by atoms with van der Waals surface area (Å²) in [7, 11) is 1.42. The molecule has 1 aliphatic rings. The summed E-state index contributed by atoms with van der Waals surface area (Å²) < 4.78 is 16.2. The van der Waals surface area contributed by atoms with Gasteiger partial charge >= 0.3 is 11.9 Å². The Morgan fingerprint density at radius 2 is 1.97 bits per heavy atom. The summed E-state index contributed by atoms with van der Waals surface area (Å²) in [5.74, 6) is -1.40. The molecule has 1 saturated heterocycles. The number of benzene rings is 2. The molecule has 0 saturated carbocycles. The minimum atomic E-state index is -0.664. The fraction of sp³-hybridized carbons (Fsp3) is 0.182. The second-order valence-corrected chi connectivity index (χ2v) is 9.10. The van der Waals surface area contributed by atoms with Crippen LogP contribution in [0.25, 0.3) is 6.08 Å². The van der Waals surface area contributed by atoms with Crippen molar-refractivity contribution < 1.29 is 33.4 Å². The van der Waals surface area contributed by atoms with E-state index in [1.54, 1.807) is 37.3 Å². The van der Waals surface area contributed by atoms with Gasteiger partial charge < -0.3 is 14.2 Å². The van der Waals surface area contributed by atoms with Crippen LogP contribution >= 0.6 is 46.0 Å². The fourth-order valence-corrected chi connectivity index (χ4v) is 4.58. The minimum absolute atomic E-state index is 0.144. The van der Waals surface area contributed by atoms with Crippen LogP contribution in [0.2, 0.25) is 5.02 Å². The average Bonchev–Trinajstić information content (AvgIpc) is 3.02. The highest BCUT2D eigenvalue weighted by atomic mass is 127. The average molecular weight is 602 g/mol. The molecule has 33 heavy (non-hydrogen) atoms. The quantitative estimate of drug-likeness (QED) is 0.194. The fourth-order valence-electron chi connectivity index (χ4n) is 2.81. The molecule has 0 unspecified atom stereocenters. The van der Waals surface area contributed by atoms with Crippen LogP contribution in [0.5, 0.6) is 11.5 Å². The third-order valence-corrected chi connectivity index (χ3v) is 6.21. The second kappa shape index (κ2) is 11.0. The Hall–Kier alpha value is -2.57.